The predicted molar refractivity (Wildman–Crippen MR) is 89.5 cm³/mol. The molecule has 0 saturated heterocycles. The third-order valence-electron chi connectivity index (χ3n) is 3.38. The van der Waals surface area contributed by atoms with Gasteiger partial charge in [-0.25, -0.2) is 0 Å². The summed E-state index contributed by atoms with van der Waals surface area (Å²) < 4.78 is 0. The van der Waals surface area contributed by atoms with Crippen LogP contribution in [0.4, 0.5) is 5.69 Å². The number of para-hydroxylation sites is 1. The number of hydrogen-bond acceptors (Lipinski definition) is 3. The van der Waals surface area contributed by atoms with Gasteiger partial charge in [0.15, 0.2) is 0 Å². The molecule has 1 aromatic rings. The SMILES string of the molecule is Cc1ccccc1NCCN(CCN(C)C)CC(C)C. The van der Waals surface area contributed by atoms with Crippen molar-refractivity contribution in [1.82, 2.24) is 9.80 Å². The van der Waals surface area contributed by atoms with Gasteiger partial charge >= 0.3 is 0 Å². The fourth-order valence-corrected chi connectivity index (χ4v) is 2.27. The molecule has 0 atom stereocenters. The van der Waals surface area contributed by atoms with Crippen LogP contribution in [0, 0.1) is 12.8 Å². The molecule has 0 aliphatic heterocycles. The highest BCUT2D eigenvalue weighted by atomic mass is 15.2. The van der Waals surface area contributed by atoms with E-state index in [1.807, 2.05) is 0 Å². The van der Waals surface area contributed by atoms with Gasteiger partial charge in [-0.1, -0.05) is 32.0 Å². The molecule has 3 heteroatoms. The van der Waals surface area contributed by atoms with Gasteiger partial charge in [-0.2, -0.15) is 0 Å². The molecule has 1 aromatic carbocycles. The molecule has 0 spiro atoms. The van der Waals surface area contributed by atoms with Crippen molar-refractivity contribution in [3.05, 3.63) is 29.8 Å². The first kappa shape index (κ1) is 17.0. The Morgan fingerprint density at radius 2 is 1.75 bits per heavy atom. The molecule has 0 aromatic heterocycles. The zero-order chi connectivity index (χ0) is 15.0. The second-order valence-corrected chi connectivity index (χ2v) is 6.24. The Kier molecular flexibility index (Phi) is 7.63. The van der Waals surface area contributed by atoms with Crippen LogP contribution in [-0.2, 0) is 0 Å². The molecule has 1 N–H and O–H groups in total. The number of nitrogens with one attached hydrogen (secondary N) is 1. The monoisotopic (exact) mass is 277 g/mol. The molecule has 0 aliphatic rings. The second-order valence-electron chi connectivity index (χ2n) is 6.24. The minimum Gasteiger partial charge on any atom is -0.384 e. The van der Waals surface area contributed by atoms with E-state index in [1.54, 1.807) is 0 Å². The number of benzene rings is 1. The van der Waals surface area contributed by atoms with E-state index >= 15 is 0 Å². The van der Waals surface area contributed by atoms with Gasteiger partial charge in [0, 0.05) is 38.4 Å². The lowest BCUT2D eigenvalue weighted by molar-refractivity contribution is 0.226. The number of likely N-dealkylation sites (N-methyl/N-ethyl adjacent to an activating group) is 1. The maximum atomic E-state index is 3.55. The van der Waals surface area contributed by atoms with Gasteiger partial charge in [-0.05, 0) is 38.6 Å². The largest absolute Gasteiger partial charge is 0.384 e. The summed E-state index contributed by atoms with van der Waals surface area (Å²) >= 11 is 0. The average Bonchev–Trinajstić information content (AvgIpc) is 2.37. The van der Waals surface area contributed by atoms with Crippen molar-refractivity contribution in [1.29, 1.82) is 0 Å². The predicted octanol–water partition coefficient (Wildman–Crippen LogP) is 2.93. The van der Waals surface area contributed by atoms with Crippen LogP contribution in [0.5, 0.6) is 0 Å². The Hall–Kier alpha value is -1.06. The van der Waals surface area contributed by atoms with Crippen molar-refractivity contribution in [2.45, 2.75) is 20.8 Å². The molecular weight excluding hydrogens is 246 g/mol. The van der Waals surface area contributed by atoms with E-state index in [4.69, 9.17) is 0 Å². The van der Waals surface area contributed by atoms with E-state index in [-0.39, 0.29) is 0 Å². The van der Waals surface area contributed by atoms with Crippen molar-refractivity contribution in [3.63, 3.8) is 0 Å². The molecule has 0 radical (unpaired) electrons. The number of rotatable bonds is 9. The van der Waals surface area contributed by atoms with Crippen molar-refractivity contribution in [3.8, 4) is 0 Å². The van der Waals surface area contributed by atoms with Gasteiger partial charge in [0.25, 0.3) is 0 Å². The summed E-state index contributed by atoms with van der Waals surface area (Å²) in [5.41, 5.74) is 2.57. The molecule has 0 bridgehead atoms. The standard InChI is InChI=1S/C17H31N3/c1-15(2)14-20(13-12-19(4)5)11-10-18-17-9-7-6-8-16(17)3/h6-9,15,18H,10-14H2,1-5H3. The van der Waals surface area contributed by atoms with Crippen LogP contribution >= 0.6 is 0 Å². The van der Waals surface area contributed by atoms with E-state index in [1.165, 1.54) is 17.8 Å². The van der Waals surface area contributed by atoms with E-state index in [2.05, 4.69) is 74.2 Å². The van der Waals surface area contributed by atoms with Gasteiger partial charge in [-0.15, -0.1) is 0 Å². The molecule has 20 heavy (non-hydrogen) atoms. The molecule has 0 aliphatic carbocycles. The topological polar surface area (TPSA) is 18.5 Å². The van der Waals surface area contributed by atoms with Crippen LogP contribution in [0.1, 0.15) is 19.4 Å². The molecule has 0 unspecified atom stereocenters. The van der Waals surface area contributed by atoms with E-state index in [9.17, 15) is 0 Å². The summed E-state index contributed by atoms with van der Waals surface area (Å²) in [6.07, 6.45) is 0. The maximum Gasteiger partial charge on any atom is 0.0370 e. The molecule has 0 fully saturated rings. The third-order valence-corrected chi connectivity index (χ3v) is 3.38. The molecular formula is C17H31N3. The third kappa shape index (κ3) is 6.92. The lowest BCUT2D eigenvalue weighted by Gasteiger charge is -2.26. The highest BCUT2D eigenvalue weighted by molar-refractivity contribution is 5.50. The Labute approximate surface area is 125 Å². The fourth-order valence-electron chi connectivity index (χ4n) is 2.27. The van der Waals surface area contributed by atoms with Crippen LogP contribution < -0.4 is 5.32 Å². The summed E-state index contributed by atoms with van der Waals surface area (Å²) in [7, 11) is 4.28. The Morgan fingerprint density at radius 1 is 1.05 bits per heavy atom. The van der Waals surface area contributed by atoms with Gasteiger partial charge < -0.3 is 15.1 Å². The van der Waals surface area contributed by atoms with Gasteiger partial charge in [0.05, 0.1) is 0 Å². The van der Waals surface area contributed by atoms with Crippen LogP contribution in [0.2, 0.25) is 0 Å². The van der Waals surface area contributed by atoms with Crippen LogP contribution in [0.3, 0.4) is 0 Å². The number of hydrogen-bond donors (Lipinski definition) is 1. The van der Waals surface area contributed by atoms with E-state index in [0.717, 1.165) is 32.1 Å². The zero-order valence-electron chi connectivity index (χ0n) is 13.8. The van der Waals surface area contributed by atoms with Gasteiger partial charge in [0.2, 0.25) is 0 Å². The highest BCUT2D eigenvalue weighted by Gasteiger charge is 2.07. The van der Waals surface area contributed by atoms with Crippen LogP contribution in [0.15, 0.2) is 24.3 Å². The molecule has 0 amide bonds. The molecule has 0 heterocycles. The molecule has 114 valence electrons. The van der Waals surface area contributed by atoms with E-state index < -0.39 is 0 Å². The summed E-state index contributed by atoms with van der Waals surface area (Å²) in [5.74, 6) is 0.718. The normalized spacial score (nSPS) is 11.6. The minimum atomic E-state index is 0.718. The van der Waals surface area contributed by atoms with Gasteiger partial charge in [0.1, 0.15) is 0 Å². The lowest BCUT2D eigenvalue weighted by Crippen LogP contribution is -2.37. The van der Waals surface area contributed by atoms with Crippen LogP contribution in [0.25, 0.3) is 0 Å². The Balaban J connectivity index is 2.39. The van der Waals surface area contributed by atoms with Gasteiger partial charge in [-0.3, -0.25) is 0 Å². The fraction of sp³-hybridized carbons (Fsp3) is 0.647. The summed E-state index contributed by atoms with van der Waals surface area (Å²) in [5, 5.41) is 3.55. The first-order valence-electron chi connectivity index (χ1n) is 7.65. The molecule has 0 saturated carbocycles. The van der Waals surface area contributed by atoms with Crippen molar-refractivity contribution >= 4 is 5.69 Å². The molecule has 1 rings (SSSR count). The molecule has 3 nitrogen and oxygen atoms in total. The van der Waals surface area contributed by atoms with E-state index in [0.29, 0.717) is 0 Å². The first-order valence-corrected chi connectivity index (χ1v) is 7.65. The smallest absolute Gasteiger partial charge is 0.0370 e. The lowest BCUT2D eigenvalue weighted by atomic mass is 10.2. The minimum absolute atomic E-state index is 0.718. The van der Waals surface area contributed by atoms with Crippen molar-refractivity contribution in [2.24, 2.45) is 5.92 Å². The second kappa shape index (κ2) is 8.98. The first-order chi connectivity index (χ1) is 9.49. The van der Waals surface area contributed by atoms with Crippen molar-refractivity contribution in [2.75, 3.05) is 52.1 Å². The quantitative estimate of drug-likeness (QED) is 0.749. The van der Waals surface area contributed by atoms with Crippen LogP contribution in [-0.4, -0.2) is 56.6 Å². The zero-order valence-corrected chi connectivity index (χ0v) is 13.8. The number of aryl methyl sites for hydroxylation is 1. The average molecular weight is 277 g/mol. The Bertz CT molecular complexity index is 374. The van der Waals surface area contributed by atoms with Crippen molar-refractivity contribution < 1.29 is 0 Å². The summed E-state index contributed by atoms with van der Waals surface area (Å²) in [6, 6.07) is 8.48. The summed E-state index contributed by atoms with van der Waals surface area (Å²) in [6.45, 7) is 12.3. The highest BCUT2D eigenvalue weighted by Crippen LogP contribution is 2.12. The maximum absolute atomic E-state index is 3.55. The number of nitrogens with zero attached hydrogens (tertiary/aromatic N) is 2. The number of anilines is 1. The Morgan fingerprint density at radius 3 is 2.35 bits per heavy atom. The summed E-state index contributed by atoms with van der Waals surface area (Å²) in [4.78, 5) is 4.80.